The Morgan fingerprint density at radius 2 is 1.70 bits per heavy atom. The van der Waals surface area contributed by atoms with Crippen molar-refractivity contribution in [3.63, 3.8) is 0 Å². The fraction of sp³-hybridized carbons (Fsp3) is 0.240. The van der Waals surface area contributed by atoms with Gasteiger partial charge in [0.2, 0.25) is 6.79 Å². The van der Waals surface area contributed by atoms with Crippen molar-refractivity contribution in [3.8, 4) is 11.5 Å². The number of benzene rings is 2. The number of nitrogens with one attached hydrogen (secondary N) is 2. The number of thiophene rings is 1. The molecule has 8 heteroatoms. The molecule has 0 bridgehead atoms. The second kappa shape index (κ2) is 9.07. The Hall–Kier alpha value is -3.65. The zero-order chi connectivity index (χ0) is 22.8. The summed E-state index contributed by atoms with van der Waals surface area (Å²) in [5.41, 5.74) is 7.28. The number of hydrazone groups is 1. The second-order valence-electron chi connectivity index (χ2n) is 8.00. The maximum Gasteiger partial charge on any atom is 0.272 e. The van der Waals surface area contributed by atoms with E-state index in [9.17, 15) is 9.59 Å². The molecule has 2 amide bonds. The number of hydrogen-bond donors (Lipinski definition) is 2. The van der Waals surface area contributed by atoms with Crippen LogP contribution in [0.4, 0.5) is 5.69 Å². The van der Waals surface area contributed by atoms with Gasteiger partial charge in [0.25, 0.3) is 11.8 Å². The van der Waals surface area contributed by atoms with Crippen molar-refractivity contribution in [1.29, 1.82) is 0 Å². The molecular weight excluding hydrogens is 438 g/mol. The number of aryl methyl sites for hydroxylation is 1. The molecule has 0 spiro atoms. The fourth-order valence-corrected chi connectivity index (χ4v) is 5.11. The lowest BCUT2D eigenvalue weighted by atomic mass is 9.96. The molecule has 0 fully saturated rings. The van der Waals surface area contributed by atoms with Crippen molar-refractivity contribution in [1.82, 2.24) is 5.43 Å². The molecule has 1 aromatic heterocycles. The lowest BCUT2D eigenvalue weighted by molar-refractivity contribution is 0.0953. The molecule has 5 rings (SSSR count). The molecule has 0 saturated carbocycles. The molecule has 0 atom stereocenters. The van der Waals surface area contributed by atoms with Gasteiger partial charge in [-0.15, -0.1) is 11.3 Å². The lowest BCUT2D eigenvalue weighted by Gasteiger charge is -2.12. The van der Waals surface area contributed by atoms with Gasteiger partial charge in [0.15, 0.2) is 11.5 Å². The third kappa shape index (κ3) is 4.47. The van der Waals surface area contributed by atoms with Crippen LogP contribution in [0.5, 0.6) is 11.5 Å². The van der Waals surface area contributed by atoms with E-state index in [-0.39, 0.29) is 18.6 Å². The lowest BCUT2D eigenvalue weighted by Crippen LogP contribution is -2.20. The van der Waals surface area contributed by atoms with E-state index in [0.717, 1.165) is 30.4 Å². The fourth-order valence-electron chi connectivity index (χ4n) is 3.98. The molecule has 2 aliphatic rings. The van der Waals surface area contributed by atoms with E-state index in [1.54, 1.807) is 41.7 Å². The Morgan fingerprint density at radius 1 is 0.939 bits per heavy atom. The predicted octanol–water partition coefficient (Wildman–Crippen LogP) is 4.76. The summed E-state index contributed by atoms with van der Waals surface area (Å²) in [6.07, 6.45) is 4.35. The second-order valence-corrected chi connectivity index (χ2v) is 8.96. The van der Waals surface area contributed by atoms with Crippen LogP contribution in [0.1, 0.15) is 56.5 Å². The smallest absolute Gasteiger partial charge is 0.272 e. The Labute approximate surface area is 195 Å². The van der Waals surface area contributed by atoms with Crippen LogP contribution in [0.2, 0.25) is 0 Å². The molecule has 1 aliphatic carbocycles. The summed E-state index contributed by atoms with van der Waals surface area (Å²) in [5.74, 6) is 0.797. The van der Waals surface area contributed by atoms with Gasteiger partial charge in [-0.25, -0.2) is 5.43 Å². The van der Waals surface area contributed by atoms with Crippen LogP contribution in [0.15, 0.2) is 52.9 Å². The van der Waals surface area contributed by atoms with Crippen LogP contribution in [-0.4, -0.2) is 24.3 Å². The van der Waals surface area contributed by atoms with Crippen LogP contribution in [-0.2, 0) is 12.8 Å². The molecule has 0 unspecified atom stereocenters. The normalized spacial score (nSPS) is 14.5. The topological polar surface area (TPSA) is 89.0 Å². The van der Waals surface area contributed by atoms with Gasteiger partial charge < -0.3 is 14.8 Å². The van der Waals surface area contributed by atoms with Crippen molar-refractivity contribution in [3.05, 3.63) is 75.0 Å². The molecule has 0 radical (unpaired) electrons. The highest BCUT2D eigenvalue weighted by molar-refractivity contribution is 7.10. The summed E-state index contributed by atoms with van der Waals surface area (Å²) in [5, 5.41) is 9.09. The van der Waals surface area contributed by atoms with Crippen molar-refractivity contribution < 1.29 is 19.1 Å². The quantitative estimate of drug-likeness (QED) is 0.423. The van der Waals surface area contributed by atoms with Crippen molar-refractivity contribution in [2.75, 3.05) is 12.1 Å². The number of ether oxygens (including phenoxy) is 2. The monoisotopic (exact) mass is 461 g/mol. The zero-order valence-corrected chi connectivity index (χ0v) is 19.0. The number of fused-ring (bicyclic) bond motifs is 2. The molecule has 33 heavy (non-hydrogen) atoms. The third-order valence-corrected chi connectivity index (χ3v) is 6.92. The maximum atomic E-state index is 12.6. The third-order valence-electron chi connectivity index (χ3n) is 5.83. The van der Waals surface area contributed by atoms with Crippen LogP contribution in [0.3, 0.4) is 0 Å². The molecule has 2 N–H and O–H groups in total. The van der Waals surface area contributed by atoms with Crippen LogP contribution < -0.4 is 20.2 Å². The number of rotatable bonds is 5. The van der Waals surface area contributed by atoms with E-state index in [1.807, 2.05) is 24.4 Å². The minimum Gasteiger partial charge on any atom is -0.454 e. The van der Waals surface area contributed by atoms with Gasteiger partial charge in [0.1, 0.15) is 0 Å². The number of anilines is 1. The summed E-state index contributed by atoms with van der Waals surface area (Å²) in [7, 11) is 0. The first-order valence-electron chi connectivity index (χ1n) is 10.8. The zero-order valence-electron chi connectivity index (χ0n) is 18.1. The average Bonchev–Trinajstić information content (AvgIpc) is 3.49. The standard InChI is InChI=1S/C25H23N3O4S/c1-15(27-28-25(30)20-13-33-23-5-3-2-4-19(20)23)16-6-9-18(10-7-16)26-24(29)17-8-11-21-22(12-17)32-14-31-21/h6-13H,2-5,14H2,1H3,(H,26,29)(H,28,30)/b27-15-. The predicted molar refractivity (Wildman–Crippen MR) is 128 cm³/mol. The van der Waals surface area contributed by atoms with Gasteiger partial charge in [-0.1, -0.05) is 12.1 Å². The maximum absolute atomic E-state index is 12.6. The molecule has 7 nitrogen and oxygen atoms in total. The van der Waals surface area contributed by atoms with Gasteiger partial charge in [-0.2, -0.15) is 5.10 Å². The van der Waals surface area contributed by atoms with E-state index in [1.165, 1.54) is 16.9 Å². The van der Waals surface area contributed by atoms with Crippen LogP contribution >= 0.6 is 11.3 Å². The van der Waals surface area contributed by atoms with E-state index in [0.29, 0.717) is 28.5 Å². The Bertz CT molecular complexity index is 1250. The van der Waals surface area contributed by atoms with E-state index < -0.39 is 0 Å². The molecule has 168 valence electrons. The van der Waals surface area contributed by atoms with E-state index in [2.05, 4.69) is 15.8 Å². The summed E-state index contributed by atoms with van der Waals surface area (Å²) < 4.78 is 10.6. The molecule has 0 saturated heterocycles. The van der Waals surface area contributed by atoms with Gasteiger partial charge in [0.05, 0.1) is 11.3 Å². The van der Waals surface area contributed by atoms with Crippen molar-refractivity contribution in [2.45, 2.75) is 32.6 Å². The minimum absolute atomic E-state index is 0.165. The molecule has 2 aromatic carbocycles. The molecule has 3 aromatic rings. The van der Waals surface area contributed by atoms with Crippen molar-refractivity contribution >= 4 is 34.6 Å². The van der Waals surface area contributed by atoms with Crippen molar-refractivity contribution in [2.24, 2.45) is 5.10 Å². The molecule has 2 heterocycles. The van der Waals surface area contributed by atoms with E-state index in [4.69, 9.17) is 9.47 Å². The summed E-state index contributed by atoms with van der Waals surface area (Å²) in [6, 6.07) is 12.4. The highest BCUT2D eigenvalue weighted by Gasteiger charge is 2.20. The largest absolute Gasteiger partial charge is 0.454 e. The van der Waals surface area contributed by atoms with Gasteiger partial charge in [0, 0.05) is 21.5 Å². The van der Waals surface area contributed by atoms with Crippen LogP contribution in [0, 0.1) is 0 Å². The summed E-state index contributed by atoms with van der Waals surface area (Å²) >= 11 is 1.66. The number of carbonyl (C=O) groups is 2. The summed E-state index contributed by atoms with van der Waals surface area (Å²) in [4.78, 5) is 26.5. The first-order chi connectivity index (χ1) is 16.1. The highest BCUT2D eigenvalue weighted by Crippen LogP contribution is 2.33. The first kappa shape index (κ1) is 21.2. The Balaban J connectivity index is 1.21. The van der Waals surface area contributed by atoms with E-state index >= 15 is 0 Å². The first-order valence-corrected chi connectivity index (χ1v) is 11.7. The molecule has 1 aliphatic heterocycles. The summed E-state index contributed by atoms with van der Waals surface area (Å²) in [6.45, 7) is 2.00. The number of hydrogen-bond acceptors (Lipinski definition) is 6. The Morgan fingerprint density at radius 3 is 2.55 bits per heavy atom. The minimum atomic E-state index is -0.238. The van der Waals surface area contributed by atoms with Gasteiger partial charge in [-0.05, 0) is 74.1 Å². The number of nitrogens with zero attached hydrogens (tertiary/aromatic N) is 1. The van der Waals surface area contributed by atoms with Gasteiger partial charge in [-0.3, -0.25) is 9.59 Å². The highest BCUT2D eigenvalue weighted by atomic mass is 32.1. The number of carbonyl (C=O) groups excluding carboxylic acids is 2. The average molecular weight is 462 g/mol. The SMILES string of the molecule is C/C(=N/NC(=O)c1csc2c1CCCC2)c1ccc(NC(=O)c2ccc3c(c2)OCO3)cc1. The van der Waals surface area contributed by atoms with Gasteiger partial charge >= 0.3 is 0 Å². The number of amides is 2. The van der Waals surface area contributed by atoms with Crippen LogP contribution in [0.25, 0.3) is 0 Å². The Kier molecular flexibility index (Phi) is 5.83. The molecular formula is C25H23N3O4S.